The van der Waals surface area contributed by atoms with Crippen molar-refractivity contribution in [3.63, 3.8) is 0 Å². The molecule has 1 rings (SSSR count). The van der Waals surface area contributed by atoms with E-state index in [1.54, 1.807) is 18.2 Å². The normalized spacial score (nSPS) is 11.1. The maximum Gasteiger partial charge on any atom is 1.00 e. The Hall–Kier alpha value is 0.0364. The SMILES string of the molecule is COc1ccc(C=NCCS(=O)(=O)[O-])cc1OC.[K+]. The molecule has 0 heterocycles. The molecule has 100 valence electrons. The molecule has 0 bridgehead atoms. The minimum absolute atomic E-state index is 0. The van der Waals surface area contributed by atoms with E-state index in [-0.39, 0.29) is 57.9 Å². The van der Waals surface area contributed by atoms with E-state index in [0.717, 1.165) is 5.56 Å². The molecule has 0 unspecified atom stereocenters. The van der Waals surface area contributed by atoms with E-state index in [1.807, 2.05) is 0 Å². The summed E-state index contributed by atoms with van der Waals surface area (Å²) in [5.74, 6) is 0.645. The van der Waals surface area contributed by atoms with Crippen LogP contribution >= 0.6 is 0 Å². The molecule has 0 amide bonds. The fraction of sp³-hybridized carbons (Fsp3) is 0.364. The topological polar surface area (TPSA) is 88.0 Å². The molecule has 0 aliphatic heterocycles. The Morgan fingerprint density at radius 3 is 2.42 bits per heavy atom. The van der Waals surface area contributed by atoms with Crippen molar-refractivity contribution in [2.75, 3.05) is 26.5 Å². The van der Waals surface area contributed by atoms with Crippen molar-refractivity contribution in [2.24, 2.45) is 4.99 Å². The molecule has 0 spiro atoms. The molecule has 0 radical (unpaired) electrons. The Labute approximate surface area is 155 Å². The standard InChI is InChI=1S/C11H15NO5S.K/c1-16-10-4-3-9(7-11(10)17-2)8-12-5-6-18(13,14)15;/h3-4,7-8H,5-6H2,1-2H3,(H,13,14,15);/q;+1/p-1. The van der Waals surface area contributed by atoms with Crippen molar-refractivity contribution in [3.8, 4) is 11.5 Å². The van der Waals surface area contributed by atoms with Gasteiger partial charge in [-0.25, -0.2) is 8.42 Å². The van der Waals surface area contributed by atoms with E-state index in [0.29, 0.717) is 11.5 Å². The predicted octanol–water partition coefficient (Wildman–Crippen LogP) is -2.33. The number of benzene rings is 1. The van der Waals surface area contributed by atoms with Gasteiger partial charge in [0.25, 0.3) is 0 Å². The van der Waals surface area contributed by atoms with Crippen LogP contribution in [0.2, 0.25) is 0 Å². The summed E-state index contributed by atoms with van der Waals surface area (Å²) >= 11 is 0. The zero-order valence-corrected chi connectivity index (χ0v) is 15.1. The van der Waals surface area contributed by atoms with Crippen LogP contribution in [0.1, 0.15) is 5.56 Å². The van der Waals surface area contributed by atoms with Crippen LogP contribution in [-0.4, -0.2) is 45.7 Å². The number of hydrogen-bond donors (Lipinski definition) is 0. The molecule has 1 aromatic rings. The molecular weight excluding hydrogens is 297 g/mol. The third-order valence-electron chi connectivity index (χ3n) is 2.12. The molecule has 0 aliphatic rings. The van der Waals surface area contributed by atoms with Crippen LogP contribution in [0.3, 0.4) is 0 Å². The van der Waals surface area contributed by atoms with Crippen LogP contribution < -0.4 is 60.9 Å². The number of rotatable bonds is 6. The summed E-state index contributed by atoms with van der Waals surface area (Å²) in [6.07, 6.45) is 1.48. The van der Waals surface area contributed by atoms with Gasteiger partial charge >= 0.3 is 51.4 Å². The van der Waals surface area contributed by atoms with Crippen LogP contribution in [0.4, 0.5) is 0 Å². The summed E-state index contributed by atoms with van der Waals surface area (Å²) in [6.45, 7) is -0.0554. The molecule has 0 aliphatic carbocycles. The Balaban J connectivity index is 0.00000324. The molecular formula is C11H14KNO5S. The summed E-state index contributed by atoms with van der Waals surface area (Å²) in [5.41, 5.74) is 0.732. The summed E-state index contributed by atoms with van der Waals surface area (Å²) in [4.78, 5) is 3.86. The largest absolute Gasteiger partial charge is 1.00 e. The van der Waals surface area contributed by atoms with Gasteiger partial charge in [0.05, 0.1) is 36.6 Å². The number of aliphatic imine (C=N–C) groups is 1. The minimum Gasteiger partial charge on any atom is -0.748 e. The van der Waals surface area contributed by atoms with E-state index in [2.05, 4.69) is 4.99 Å². The fourth-order valence-electron chi connectivity index (χ4n) is 1.27. The average Bonchev–Trinajstić information content (AvgIpc) is 2.33. The van der Waals surface area contributed by atoms with Gasteiger partial charge < -0.3 is 14.0 Å². The van der Waals surface area contributed by atoms with Gasteiger partial charge in [-0.2, -0.15) is 0 Å². The predicted molar refractivity (Wildman–Crippen MR) is 66.6 cm³/mol. The van der Waals surface area contributed by atoms with Crippen LogP contribution in [0.25, 0.3) is 0 Å². The Kier molecular flexibility index (Phi) is 9.08. The first-order valence-electron chi connectivity index (χ1n) is 5.11. The molecule has 6 nitrogen and oxygen atoms in total. The Morgan fingerprint density at radius 1 is 1.26 bits per heavy atom. The molecule has 0 fully saturated rings. The number of ether oxygens (including phenoxy) is 2. The minimum atomic E-state index is -4.21. The van der Waals surface area contributed by atoms with Crippen LogP contribution in [0, 0.1) is 0 Å². The van der Waals surface area contributed by atoms with Gasteiger partial charge in [0.1, 0.15) is 0 Å². The first-order valence-corrected chi connectivity index (χ1v) is 6.69. The molecule has 0 saturated carbocycles. The molecule has 0 aromatic heterocycles. The van der Waals surface area contributed by atoms with E-state index in [4.69, 9.17) is 9.47 Å². The van der Waals surface area contributed by atoms with Gasteiger partial charge in [-0.1, -0.05) is 0 Å². The van der Waals surface area contributed by atoms with Crippen LogP contribution in [-0.2, 0) is 10.1 Å². The van der Waals surface area contributed by atoms with Gasteiger partial charge in [-0.3, -0.25) is 4.99 Å². The summed E-state index contributed by atoms with van der Waals surface area (Å²) in [7, 11) is -1.16. The molecule has 19 heavy (non-hydrogen) atoms. The van der Waals surface area contributed by atoms with Crippen molar-refractivity contribution >= 4 is 16.3 Å². The van der Waals surface area contributed by atoms with E-state index >= 15 is 0 Å². The number of methoxy groups -OCH3 is 2. The Bertz CT molecular complexity index is 530. The van der Waals surface area contributed by atoms with Gasteiger partial charge in [-0.05, 0) is 23.8 Å². The van der Waals surface area contributed by atoms with E-state index in [1.165, 1.54) is 20.4 Å². The van der Waals surface area contributed by atoms with Crippen LogP contribution in [0.15, 0.2) is 23.2 Å². The maximum atomic E-state index is 10.4. The zero-order chi connectivity index (χ0) is 13.6. The van der Waals surface area contributed by atoms with Crippen molar-refractivity contribution in [1.82, 2.24) is 0 Å². The van der Waals surface area contributed by atoms with Crippen molar-refractivity contribution in [2.45, 2.75) is 0 Å². The second-order valence-corrected chi connectivity index (χ2v) is 4.94. The first-order chi connectivity index (χ1) is 8.46. The number of nitrogens with zero attached hydrogens (tertiary/aromatic N) is 1. The quantitative estimate of drug-likeness (QED) is 0.334. The third-order valence-corrected chi connectivity index (χ3v) is 2.80. The van der Waals surface area contributed by atoms with Gasteiger partial charge in [0, 0.05) is 6.21 Å². The number of hydrogen-bond acceptors (Lipinski definition) is 6. The van der Waals surface area contributed by atoms with Crippen LogP contribution in [0.5, 0.6) is 11.5 Å². The average molecular weight is 311 g/mol. The van der Waals surface area contributed by atoms with Crippen molar-refractivity contribution in [3.05, 3.63) is 23.8 Å². The molecule has 1 aromatic carbocycles. The summed E-state index contributed by atoms with van der Waals surface area (Å²) in [6, 6.07) is 5.16. The fourth-order valence-corrected chi connectivity index (χ4v) is 1.60. The Morgan fingerprint density at radius 2 is 1.89 bits per heavy atom. The summed E-state index contributed by atoms with van der Waals surface area (Å²) in [5, 5.41) is 0. The smallest absolute Gasteiger partial charge is 0.748 e. The molecule has 0 N–H and O–H groups in total. The van der Waals surface area contributed by atoms with Crippen molar-refractivity contribution < 1.29 is 73.8 Å². The third kappa shape index (κ3) is 7.40. The zero-order valence-electron chi connectivity index (χ0n) is 11.1. The van der Waals surface area contributed by atoms with E-state index in [9.17, 15) is 13.0 Å². The molecule has 8 heteroatoms. The molecule has 0 saturated heterocycles. The second kappa shape index (κ2) is 9.06. The summed E-state index contributed by atoms with van der Waals surface area (Å²) < 4.78 is 41.3. The monoisotopic (exact) mass is 311 g/mol. The molecule has 0 atom stereocenters. The second-order valence-electron chi connectivity index (χ2n) is 3.41. The van der Waals surface area contributed by atoms with Gasteiger partial charge in [-0.15, -0.1) is 0 Å². The van der Waals surface area contributed by atoms with E-state index < -0.39 is 15.9 Å². The van der Waals surface area contributed by atoms with Gasteiger partial charge in [0.15, 0.2) is 11.5 Å². The van der Waals surface area contributed by atoms with Crippen molar-refractivity contribution in [1.29, 1.82) is 0 Å². The van der Waals surface area contributed by atoms with Gasteiger partial charge in [0.2, 0.25) is 0 Å². The first kappa shape index (κ1) is 19.0. The maximum absolute atomic E-state index is 10.4.